The summed E-state index contributed by atoms with van der Waals surface area (Å²) in [6, 6.07) is 10.5. The molecule has 3 rings (SSSR count). The van der Waals surface area contributed by atoms with Gasteiger partial charge in [0.15, 0.2) is 0 Å². The Balaban J connectivity index is 2.09. The highest BCUT2D eigenvalue weighted by molar-refractivity contribution is 5.53. The third kappa shape index (κ3) is 1.60. The lowest BCUT2D eigenvalue weighted by Crippen LogP contribution is -2.27. The lowest BCUT2D eigenvalue weighted by Gasteiger charge is -2.32. The molecule has 18 heavy (non-hydrogen) atoms. The zero-order chi connectivity index (χ0) is 12.6. The number of hydrogen-bond acceptors (Lipinski definition) is 2. The van der Waals surface area contributed by atoms with Crippen LogP contribution in [0.25, 0.3) is 6.08 Å². The van der Waals surface area contributed by atoms with E-state index in [1.165, 1.54) is 5.56 Å². The van der Waals surface area contributed by atoms with E-state index in [1.807, 2.05) is 12.1 Å². The molecule has 2 aromatic rings. The van der Waals surface area contributed by atoms with Crippen LogP contribution in [0.15, 0.2) is 42.1 Å². The normalized spacial score (nSPS) is 17.8. The van der Waals surface area contributed by atoms with Gasteiger partial charge in [-0.05, 0) is 11.6 Å². The first-order chi connectivity index (χ1) is 8.69. The van der Waals surface area contributed by atoms with Crippen molar-refractivity contribution >= 4 is 6.08 Å². The molecule has 1 N–H and O–H groups in total. The van der Waals surface area contributed by atoms with Crippen molar-refractivity contribution in [1.82, 2.24) is 15.4 Å². The summed E-state index contributed by atoms with van der Waals surface area (Å²) in [6.07, 6.45) is 3.95. The summed E-state index contributed by atoms with van der Waals surface area (Å²) >= 11 is 0. The first-order valence-electron chi connectivity index (χ1n) is 6.08. The smallest absolute Gasteiger partial charge is 0.117 e. The van der Waals surface area contributed by atoms with Gasteiger partial charge < -0.3 is 0 Å². The Bertz CT molecular complexity index is 616. The molecule has 1 aliphatic carbocycles. The van der Waals surface area contributed by atoms with Gasteiger partial charge in [-0.1, -0.05) is 44.2 Å². The highest BCUT2D eigenvalue weighted by Crippen LogP contribution is 2.40. The standard InChI is InChI=1S/C15H15N3/c1-15(2,11-7-4-3-5-8-11)12-9-6-10-13-14(12)17-18-16-13/h3-5,7-10,12H,1-2H3,(H,16,17,18). The number of nitrogens with one attached hydrogen (secondary N) is 1. The maximum atomic E-state index is 4.29. The van der Waals surface area contributed by atoms with E-state index >= 15 is 0 Å². The van der Waals surface area contributed by atoms with Crippen molar-refractivity contribution in [1.29, 1.82) is 0 Å². The SMILES string of the molecule is CC(C)(c1ccccc1)C1C=C=Cc2n[nH]nc21. The van der Waals surface area contributed by atoms with Gasteiger partial charge in [-0.3, -0.25) is 0 Å². The molecule has 3 heteroatoms. The first kappa shape index (κ1) is 11.0. The van der Waals surface area contributed by atoms with Crippen LogP contribution in [0.4, 0.5) is 0 Å². The second-order valence-electron chi connectivity index (χ2n) is 5.14. The van der Waals surface area contributed by atoms with Crippen molar-refractivity contribution in [3.63, 3.8) is 0 Å². The molecule has 0 radical (unpaired) electrons. The fourth-order valence-corrected chi connectivity index (χ4v) is 2.48. The number of H-pyrrole nitrogens is 1. The van der Waals surface area contributed by atoms with Crippen molar-refractivity contribution in [2.24, 2.45) is 0 Å². The summed E-state index contributed by atoms with van der Waals surface area (Å²) in [6.45, 7) is 4.46. The van der Waals surface area contributed by atoms with Crippen LogP contribution in [-0.4, -0.2) is 15.4 Å². The van der Waals surface area contributed by atoms with E-state index in [2.05, 4.69) is 65.3 Å². The maximum absolute atomic E-state index is 4.29. The number of rotatable bonds is 2. The van der Waals surface area contributed by atoms with E-state index in [0.717, 1.165) is 11.4 Å². The minimum Gasteiger partial charge on any atom is -0.197 e. The summed E-state index contributed by atoms with van der Waals surface area (Å²) in [7, 11) is 0. The molecule has 0 aliphatic heterocycles. The molecule has 0 saturated heterocycles. The molecule has 0 fully saturated rings. The molecular weight excluding hydrogens is 222 g/mol. The average molecular weight is 237 g/mol. The van der Waals surface area contributed by atoms with Crippen molar-refractivity contribution in [2.75, 3.05) is 0 Å². The molecule has 0 spiro atoms. The van der Waals surface area contributed by atoms with E-state index in [0.29, 0.717) is 0 Å². The number of fused-ring (bicyclic) bond motifs is 1. The monoisotopic (exact) mass is 237 g/mol. The van der Waals surface area contributed by atoms with Gasteiger partial charge in [0, 0.05) is 17.4 Å². The van der Waals surface area contributed by atoms with Gasteiger partial charge >= 0.3 is 0 Å². The minimum absolute atomic E-state index is 0.0336. The van der Waals surface area contributed by atoms with E-state index in [-0.39, 0.29) is 11.3 Å². The lowest BCUT2D eigenvalue weighted by atomic mass is 9.71. The Labute approximate surface area is 106 Å². The van der Waals surface area contributed by atoms with E-state index < -0.39 is 0 Å². The molecule has 1 aliphatic rings. The number of aromatic nitrogens is 3. The number of benzene rings is 1. The summed E-state index contributed by atoms with van der Waals surface area (Å²) < 4.78 is 0. The number of hydrogen-bond donors (Lipinski definition) is 1. The van der Waals surface area contributed by atoms with E-state index in [4.69, 9.17) is 0 Å². The van der Waals surface area contributed by atoms with E-state index in [1.54, 1.807) is 0 Å². The second-order valence-corrected chi connectivity index (χ2v) is 5.14. The highest BCUT2D eigenvalue weighted by Gasteiger charge is 2.34. The highest BCUT2D eigenvalue weighted by atomic mass is 15.3. The van der Waals surface area contributed by atoms with Crippen LogP contribution in [0.3, 0.4) is 0 Å². The molecule has 1 atom stereocenters. The Morgan fingerprint density at radius 2 is 1.94 bits per heavy atom. The quantitative estimate of drug-likeness (QED) is 0.816. The van der Waals surface area contributed by atoms with Crippen molar-refractivity contribution < 1.29 is 0 Å². The summed E-state index contributed by atoms with van der Waals surface area (Å²) in [4.78, 5) is 0. The second kappa shape index (κ2) is 3.97. The predicted octanol–water partition coefficient (Wildman–Crippen LogP) is 3.05. The van der Waals surface area contributed by atoms with Crippen molar-refractivity contribution in [3.05, 3.63) is 59.1 Å². The van der Waals surface area contributed by atoms with Gasteiger partial charge in [-0.2, -0.15) is 15.4 Å². The van der Waals surface area contributed by atoms with Crippen LogP contribution < -0.4 is 0 Å². The average Bonchev–Trinajstić information content (AvgIpc) is 2.87. The molecular formula is C15H15N3. The molecule has 0 saturated carbocycles. The summed E-state index contributed by atoms with van der Waals surface area (Å²) in [5.41, 5.74) is 6.34. The number of aromatic amines is 1. The van der Waals surface area contributed by atoms with Gasteiger partial charge in [0.25, 0.3) is 0 Å². The largest absolute Gasteiger partial charge is 0.197 e. The molecule has 1 aromatic heterocycles. The Hall–Kier alpha value is -2.12. The first-order valence-corrected chi connectivity index (χ1v) is 6.08. The lowest BCUT2D eigenvalue weighted by molar-refractivity contribution is 0.460. The fourth-order valence-electron chi connectivity index (χ4n) is 2.48. The zero-order valence-corrected chi connectivity index (χ0v) is 10.5. The molecule has 1 aromatic carbocycles. The fraction of sp³-hybridized carbons (Fsp3) is 0.267. The van der Waals surface area contributed by atoms with Gasteiger partial charge in [0.1, 0.15) is 5.69 Å². The number of allylic oxidation sites excluding steroid dienone is 1. The van der Waals surface area contributed by atoms with Crippen molar-refractivity contribution in [3.8, 4) is 0 Å². The Morgan fingerprint density at radius 3 is 2.72 bits per heavy atom. The molecule has 1 heterocycles. The van der Waals surface area contributed by atoms with Crippen LogP contribution in [0.1, 0.15) is 36.7 Å². The molecule has 0 bridgehead atoms. The third-order valence-electron chi connectivity index (χ3n) is 3.68. The van der Waals surface area contributed by atoms with Gasteiger partial charge in [-0.15, -0.1) is 5.73 Å². The topological polar surface area (TPSA) is 41.6 Å². The molecule has 90 valence electrons. The maximum Gasteiger partial charge on any atom is 0.117 e. The third-order valence-corrected chi connectivity index (χ3v) is 3.68. The van der Waals surface area contributed by atoms with Gasteiger partial charge in [-0.25, -0.2) is 0 Å². The molecule has 1 unspecified atom stereocenters. The number of nitrogens with zero attached hydrogens (tertiary/aromatic N) is 2. The van der Waals surface area contributed by atoms with Gasteiger partial charge in [0.2, 0.25) is 0 Å². The Morgan fingerprint density at radius 1 is 1.17 bits per heavy atom. The molecule has 0 amide bonds. The van der Waals surface area contributed by atoms with E-state index in [9.17, 15) is 0 Å². The van der Waals surface area contributed by atoms with Crippen LogP contribution in [0.2, 0.25) is 0 Å². The zero-order valence-electron chi connectivity index (χ0n) is 10.5. The summed E-state index contributed by atoms with van der Waals surface area (Å²) in [5.74, 6) is 0.193. The Kier molecular flexibility index (Phi) is 2.42. The van der Waals surface area contributed by atoms with Crippen LogP contribution >= 0.6 is 0 Å². The van der Waals surface area contributed by atoms with Crippen molar-refractivity contribution in [2.45, 2.75) is 25.2 Å². The minimum atomic E-state index is -0.0336. The van der Waals surface area contributed by atoms with Crippen LogP contribution in [0, 0.1) is 0 Å². The van der Waals surface area contributed by atoms with Crippen LogP contribution in [0.5, 0.6) is 0 Å². The summed E-state index contributed by atoms with van der Waals surface area (Å²) in [5, 5.41) is 11.1. The molecule has 3 nitrogen and oxygen atoms in total. The predicted molar refractivity (Wildman–Crippen MR) is 71.1 cm³/mol. The van der Waals surface area contributed by atoms with Crippen LogP contribution in [-0.2, 0) is 5.41 Å². The van der Waals surface area contributed by atoms with Gasteiger partial charge in [0.05, 0.1) is 5.69 Å².